The number of unbranched alkanes of at least 4 members (excludes halogenated alkanes) is 2. The van der Waals surface area contributed by atoms with E-state index < -0.39 is 0 Å². The van der Waals surface area contributed by atoms with Crippen LogP contribution in [0.2, 0.25) is 0 Å². The normalized spacial score (nSPS) is 32.2. The molecule has 1 amide bonds. The first-order chi connectivity index (χ1) is 13.9. The molecule has 4 aliphatic carbocycles. The molecular weight excluding hydrogens is 362 g/mol. The van der Waals surface area contributed by atoms with Crippen LogP contribution >= 0.6 is 0 Å². The topological polar surface area (TPSA) is 55.4 Å². The molecule has 0 heterocycles. The number of rotatable bonds is 8. The SMILES string of the molecule is COC(=O)CCCCCNC(=O)C12CC3CC(C1)CC(c1ccc(C)cc1)(C3)C2. The van der Waals surface area contributed by atoms with Gasteiger partial charge in [0.25, 0.3) is 0 Å². The van der Waals surface area contributed by atoms with E-state index in [1.54, 1.807) is 0 Å². The molecule has 4 nitrogen and oxygen atoms in total. The maximum atomic E-state index is 13.3. The molecule has 0 radical (unpaired) electrons. The van der Waals surface area contributed by atoms with Gasteiger partial charge in [-0.2, -0.15) is 0 Å². The highest BCUT2D eigenvalue weighted by Gasteiger charge is 2.60. The van der Waals surface area contributed by atoms with Crippen molar-refractivity contribution >= 4 is 11.9 Å². The van der Waals surface area contributed by atoms with E-state index >= 15 is 0 Å². The Hall–Kier alpha value is -1.84. The van der Waals surface area contributed by atoms with Crippen molar-refractivity contribution in [1.82, 2.24) is 5.32 Å². The summed E-state index contributed by atoms with van der Waals surface area (Å²) in [4.78, 5) is 24.5. The Balaban J connectivity index is 1.38. The summed E-state index contributed by atoms with van der Waals surface area (Å²) in [6.07, 6.45) is 10.2. The van der Waals surface area contributed by atoms with Gasteiger partial charge in [0, 0.05) is 13.0 Å². The molecule has 4 saturated carbocycles. The molecule has 4 bridgehead atoms. The zero-order chi connectivity index (χ0) is 20.5. The third kappa shape index (κ3) is 4.08. The summed E-state index contributed by atoms with van der Waals surface area (Å²) in [7, 11) is 1.43. The van der Waals surface area contributed by atoms with E-state index in [0.29, 0.717) is 24.8 Å². The lowest BCUT2D eigenvalue weighted by atomic mass is 9.42. The van der Waals surface area contributed by atoms with E-state index in [1.165, 1.54) is 37.5 Å². The highest BCUT2D eigenvalue weighted by atomic mass is 16.5. The van der Waals surface area contributed by atoms with E-state index in [2.05, 4.69) is 41.2 Å². The molecule has 0 aliphatic heterocycles. The monoisotopic (exact) mass is 397 g/mol. The van der Waals surface area contributed by atoms with Crippen molar-refractivity contribution < 1.29 is 14.3 Å². The highest BCUT2D eigenvalue weighted by Crippen LogP contribution is 2.65. The lowest BCUT2D eigenvalue weighted by Gasteiger charge is -2.61. The minimum absolute atomic E-state index is 0.149. The minimum Gasteiger partial charge on any atom is -0.469 e. The van der Waals surface area contributed by atoms with Crippen LogP contribution in [0.5, 0.6) is 0 Å². The number of nitrogens with one attached hydrogen (secondary N) is 1. The molecule has 2 unspecified atom stereocenters. The zero-order valence-corrected chi connectivity index (χ0v) is 18.0. The van der Waals surface area contributed by atoms with E-state index in [4.69, 9.17) is 0 Å². The zero-order valence-electron chi connectivity index (χ0n) is 18.0. The van der Waals surface area contributed by atoms with Gasteiger partial charge >= 0.3 is 5.97 Å². The van der Waals surface area contributed by atoms with Crippen LogP contribution in [0.4, 0.5) is 0 Å². The van der Waals surface area contributed by atoms with E-state index in [0.717, 1.165) is 38.5 Å². The van der Waals surface area contributed by atoms with Crippen LogP contribution in [0, 0.1) is 24.2 Å². The molecule has 1 aromatic carbocycles. The van der Waals surface area contributed by atoms with Crippen LogP contribution in [0.25, 0.3) is 0 Å². The van der Waals surface area contributed by atoms with Gasteiger partial charge in [0.15, 0.2) is 0 Å². The smallest absolute Gasteiger partial charge is 0.305 e. The highest BCUT2D eigenvalue weighted by molar-refractivity contribution is 5.83. The molecule has 29 heavy (non-hydrogen) atoms. The van der Waals surface area contributed by atoms with Gasteiger partial charge in [0.2, 0.25) is 5.91 Å². The van der Waals surface area contributed by atoms with Crippen molar-refractivity contribution in [2.24, 2.45) is 17.3 Å². The number of esters is 1. The number of carbonyl (C=O) groups is 2. The van der Waals surface area contributed by atoms with Crippen LogP contribution in [-0.4, -0.2) is 25.5 Å². The van der Waals surface area contributed by atoms with E-state index in [9.17, 15) is 9.59 Å². The van der Waals surface area contributed by atoms with E-state index in [-0.39, 0.29) is 22.7 Å². The maximum absolute atomic E-state index is 13.3. The number of methoxy groups -OCH3 is 1. The number of benzene rings is 1. The second-order valence-electron chi connectivity index (χ2n) is 10.0. The number of carbonyl (C=O) groups excluding carboxylic acids is 2. The Labute approximate surface area is 174 Å². The Kier molecular flexibility index (Phi) is 5.72. The van der Waals surface area contributed by atoms with Gasteiger partial charge in [0.05, 0.1) is 12.5 Å². The summed E-state index contributed by atoms with van der Waals surface area (Å²) in [5, 5.41) is 3.26. The number of amides is 1. The summed E-state index contributed by atoms with van der Waals surface area (Å²) in [6.45, 7) is 2.86. The van der Waals surface area contributed by atoms with Crippen molar-refractivity contribution in [2.75, 3.05) is 13.7 Å². The molecule has 158 valence electrons. The summed E-state index contributed by atoms with van der Waals surface area (Å²) in [5.74, 6) is 1.53. The van der Waals surface area contributed by atoms with Gasteiger partial charge in [-0.25, -0.2) is 0 Å². The lowest BCUT2D eigenvalue weighted by Crippen LogP contribution is -2.59. The molecule has 4 heteroatoms. The Morgan fingerprint density at radius 2 is 1.72 bits per heavy atom. The minimum atomic E-state index is -0.166. The van der Waals surface area contributed by atoms with Gasteiger partial charge in [-0.1, -0.05) is 36.2 Å². The first kappa shape index (κ1) is 20.4. The van der Waals surface area contributed by atoms with Crippen LogP contribution < -0.4 is 5.32 Å². The number of hydrogen-bond acceptors (Lipinski definition) is 3. The molecule has 4 fully saturated rings. The fourth-order valence-electron chi connectivity index (χ4n) is 6.84. The fraction of sp³-hybridized carbons (Fsp3) is 0.680. The van der Waals surface area contributed by atoms with Crippen molar-refractivity contribution in [3.63, 3.8) is 0 Å². The third-order valence-electron chi connectivity index (χ3n) is 7.78. The van der Waals surface area contributed by atoms with Crippen molar-refractivity contribution in [3.05, 3.63) is 35.4 Å². The van der Waals surface area contributed by atoms with Crippen LogP contribution in [-0.2, 0) is 19.7 Å². The average molecular weight is 398 g/mol. The first-order valence-electron chi connectivity index (χ1n) is 11.4. The number of aryl methyl sites for hydroxylation is 1. The molecule has 4 aliphatic rings. The van der Waals surface area contributed by atoms with Gasteiger partial charge in [-0.3, -0.25) is 9.59 Å². The molecule has 1 N–H and O–H groups in total. The van der Waals surface area contributed by atoms with Gasteiger partial charge in [-0.05, 0) is 81.1 Å². The van der Waals surface area contributed by atoms with Crippen LogP contribution in [0.3, 0.4) is 0 Å². The Morgan fingerprint density at radius 1 is 1.03 bits per heavy atom. The molecule has 0 spiro atoms. The summed E-state index contributed by atoms with van der Waals surface area (Å²) in [6, 6.07) is 9.09. The predicted octanol–water partition coefficient (Wildman–Crippen LogP) is 4.68. The molecule has 0 aromatic heterocycles. The largest absolute Gasteiger partial charge is 0.469 e. The van der Waals surface area contributed by atoms with Crippen LogP contribution in [0.15, 0.2) is 24.3 Å². The quantitative estimate of drug-likeness (QED) is 0.512. The van der Waals surface area contributed by atoms with Gasteiger partial charge < -0.3 is 10.1 Å². The van der Waals surface area contributed by atoms with Gasteiger partial charge in [-0.15, -0.1) is 0 Å². The lowest BCUT2D eigenvalue weighted by molar-refractivity contribution is -0.149. The Morgan fingerprint density at radius 3 is 2.38 bits per heavy atom. The van der Waals surface area contributed by atoms with Gasteiger partial charge in [0.1, 0.15) is 0 Å². The molecular formula is C25H35NO3. The fourth-order valence-corrected chi connectivity index (χ4v) is 6.84. The molecule has 1 aromatic rings. The summed E-state index contributed by atoms with van der Waals surface area (Å²) < 4.78 is 4.68. The second-order valence-corrected chi connectivity index (χ2v) is 10.0. The second kappa shape index (κ2) is 8.12. The van der Waals surface area contributed by atoms with Crippen molar-refractivity contribution in [1.29, 1.82) is 0 Å². The molecule has 2 atom stereocenters. The number of ether oxygens (including phenoxy) is 1. The molecule has 5 rings (SSSR count). The van der Waals surface area contributed by atoms with Crippen molar-refractivity contribution in [2.45, 2.75) is 76.5 Å². The summed E-state index contributed by atoms with van der Waals surface area (Å²) >= 11 is 0. The standard InChI is InChI=1S/C25H35NO3/c1-18-7-9-21(10-8-18)24-13-19-12-20(14-24)16-25(15-19,17-24)23(28)26-11-5-3-4-6-22(27)29-2/h7-10,19-20H,3-6,11-17H2,1-2H3,(H,26,28). The average Bonchev–Trinajstić information content (AvgIpc) is 2.69. The van der Waals surface area contributed by atoms with Crippen LogP contribution in [0.1, 0.15) is 75.3 Å². The van der Waals surface area contributed by atoms with E-state index in [1.807, 2.05) is 0 Å². The van der Waals surface area contributed by atoms with Crippen molar-refractivity contribution in [3.8, 4) is 0 Å². The maximum Gasteiger partial charge on any atom is 0.305 e. The predicted molar refractivity (Wildman–Crippen MR) is 113 cm³/mol. The summed E-state index contributed by atoms with van der Waals surface area (Å²) in [5.41, 5.74) is 2.80. The third-order valence-corrected chi connectivity index (χ3v) is 7.78. The first-order valence-corrected chi connectivity index (χ1v) is 11.4. The number of hydrogen-bond donors (Lipinski definition) is 1. The Bertz CT molecular complexity index is 740. The molecule has 0 saturated heterocycles.